The molecule has 2 rings (SSSR count). The van der Waals surface area contributed by atoms with Crippen molar-refractivity contribution in [1.82, 2.24) is 5.32 Å². The van der Waals surface area contributed by atoms with Crippen molar-refractivity contribution in [3.63, 3.8) is 0 Å². The second kappa shape index (κ2) is 5.27. The highest BCUT2D eigenvalue weighted by molar-refractivity contribution is 7.92. The van der Waals surface area contributed by atoms with Gasteiger partial charge in [0.15, 0.2) is 9.84 Å². The van der Waals surface area contributed by atoms with E-state index >= 15 is 0 Å². The molecule has 108 valence electrons. The smallest absolute Gasteiger partial charge is 0.157 e. The maximum Gasteiger partial charge on any atom is 0.157 e. The maximum absolute atomic E-state index is 12.1. The van der Waals surface area contributed by atoms with Gasteiger partial charge in [0.25, 0.3) is 0 Å². The zero-order chi connectivity index (χ0) is 12.7. The van der Waals surface area contributed by atoms with Crippen LogP contribution in [0, 0.1) is 5.41 Å². The third kappa shape index (κ3) is 3.18. The Morgan fingerprint density at radius 1 is 1.22 bits per heavy atom. The average molecular weight is 298 g/mol. The molecule has 2 aliphatic heterocycles. The zero-order valence-corrected chi connectivity index (χ0v) is 13.0. The van der Waals surface area contributed by atoms with Crippen LogP contribution in [0.15, 0.2) is 0 Å². The molecule has 0 aliphatic carbocycles. The first-order valence-corrected chi connectivity index (χ1v) is 8.07. The molecule has 0 amide bonds. The quantitative estimate of drug-likeness (QED) is 0.801. The largest absolute Gasteiger partial charge is 0.359 e. The predicted molar refractivity (Wildman–Crippen MR) is 74.8 cm³/mol. The number of ether oxygens (including phenoxy) is 1. The van der Waals surface area contributed by atoms with Crippen LogP contribution < -0.4 is 5.32 Å². The van der Waals surface area contributed by atoms with E-state index in [1.54, 1.807) is 0 Å². The molecular weight excluding hydrogens is 274 g/mol. The fourth-order valence-corrected chi connectivity index (χ4v) is 4.90. The lowest BCUT2D eigenvalue weighted by Gasteiger charge is -2.47. The van der Waals surface area contributed by atoms with Gasteiger partial charge in [-0.05, 0) is 19.8 Å². The highest BCUT2D eigenvalue weighted by Crippen LogP contribution is 2.34. The van der Waals surface area contributed by atoms with Crippen molar-refractivity contribution in [3.8, 4) is 0 Å². The third-order valence-corrected chi connectivity index (χ3v) is 6.28. The summed E-state index contributed by atoms with van der Waals surface area (Å²) in [5.41, 5.74) is -0.618. The van der Waals surface area contributed by atoms with Crippen LogP contribution in [0.1, 0.15) is 40.0 Å². The average Bonchev–Trinajstić information content (AvgIpc) is 2.22. The van der Waals surface area contributed by atoms with Crippen LogP contribution in [0.25, 0.3) is 0 Å². The molecule has 6 heteroatoms. The van der Waals surface area contributed by atoms with Crippen LogP contribution in [0.2, 0.25) is 0 Å². The normalized spacial score (nSPS) is 38.7. The third-order valence-electron chi connectivity index (χ3n) is 3.87. The lowest BCUT2D eigenvalue weighted by Crippen LogP contribution is -2.64. The number of halogens is 1. The number of rotatable bonds is 1. The topological polar surface area (TPSA) is 55.4 Å². The van der Waals surface area contributed by atoms with Crippen LogP contribution in [0.5, 0.6) is 0 Å². The summed E-state index contributed by atoms with van der Waals surface area (Å²) in [5, 5.41) is 2.92. The highest BCUT2D eigenvalue weighted by atomic mass is 35.5. The van der Waals surface area contributed by atoms with Gasteiger partial charge in [-0.3, -0.25) is 5.32 Å². The van der Waals surface area contributed by atoms with Crippen molar-refractivity contribution in [3.05, 3.63) is 0 Å². The molecule has 1 N–H and O–H groups in total. The van der Waals surface area contributed by atoms with Crippen molar-refractivity contribution in [1.29, 1.82) is 0 Å². The molecule has 2 fully saturated rings. The minimum absolute atomic E-state index is 0. The molecule has 0 radical (unpaired) electrons. The Hall–Kier alpha value is 0.160. The fraction of sp³-hybridized carbons (Fsp3) is 1.00. The molecule has 2 saturated heterocycles. The molecule has 2 unspecified atom stereocenters. The Morgan fingerprint density at radius 3 is 2.39 bits per heavy atom. The second-order valence-corrected chi connectivity index (χ2v) is 8.57. The van der Waals surface area contributed by atoms with E-state index in [4.69, 9.17) is 4.74 Å². The Balaban J connectivity index is 0.00000162. The summed E-state index contributed by atoms with van der Waals surface area (Å²) >= 11 is 0. The molecule has 0 spiro atoms. The summed E-state index contributed by atoms with van der Waals surface area (Å²) in [6.45, 7) is 7.54. The molecule has 0 saturated carbocycles. The molecular formula is C12H24ClNO3S. The highest BCUT2D eigenvalue weighted by Gasteiger charge is 2.47. The molecule has 4 nitrogen and oxygen atoms in total. The van der Waals surface area contributed by atoms with E-state index in [1.807, 2.05) is 6.92 Å². The molecule has 2 atom stereocenters. The predicted octanol–water partition coefficient (Wildman–Crippen LogP) is 1.74. The molecule has 2 heterocycles. The van der Waals surface area contributed by atoms with Crippen LogP contribution in [0.3, 0.4) is 0 Å². The van der Waals surface area contributed by atoms with Crippen molar-refractivity contribution in [2.45, 2.75) is 51.0 Å². The number of hydrogen-bond donors (Lipinski definition) is 1. The first kappa shape index (κ1) is 16.2. The lowest BCUT2D eigenvalue weighted by atomic mass is 9.91. The van der Waals surface area contributed by atoms with E-state index < -0.39 is 15.6 Å². The molecule has 18 heavy (non-hydrogen) atoms. The van der Waals surface area contributed by atoms with Gasteiger partial charge < -0.3 is 4.74 Å². The maximum atomic E-state index is 12.1. The second-order valence-electron chi connectivity index (χ2n) is 6.26. The number of hydrogen-bond acceptors (Lipinski definition) is 4. The van der Waals surface area contributed by atoms with Crippen molar-refractivity contribution >= 4 is 22.2 Å². The Morgan fingerprint density at radius 2 is 1.89 bits per heavy atom. The van der Waals surface area contributed by atoms with E-state index in [0.29, 0.717) is 18.8 Å². The first-order chi connectivity index (χ1) is 7.75. The minimum Gasteiger partial charge on any atom is -0.359 e. The summed E-state index contributed by atoms with van der Waals surface area (Å²) in [6, 6.07) is 0. The Labute approximate surface area is 116 Å². The number of nitrogens with one attached hydrogen (secondary N) is 1. The standard InChI is InChI=1S/C12H23NO3S.ClH/c1-11(2)8-13-12(3,16-9-11)10-6-4-5-7-17(10,14)15;/h10,13H,4-9H2,1-3H3;1H. The van der Waals surface area contributed by atoms with E-state index in [1.165, 1.54) is 0 Å². The summed E-state index contributed by atoms with van der Waals surface area (Å²) in [4.78, 5) is 0. The van der Waals surface area contributed by atoms with Gasteiger partial charge in [0.2, 0.25) is 0 Å². The number of sulfone groups is 1. The van der Waals surface area contributed by atoms with Gasteiger partial charge >= 0.3 is 0 Å². The first-order valence-electron chi connectivity index (χ1n) is 6.36. The SMILES string of the molecule is CC1(C)CNC(C)(C2CCCCS2(=O)=O)OC1.Cl. The molecule has 2 aliphatic rings. The fourth-order valence-electron chi connectivity index (χ4n) is 2.64. The van der Waals surface area contributed by atoms with Gasteiger partial charge in [-0.25, -0.2) is 8.42 Å². The van der Waals surface area contributed by atoms with Crippen molar-refractivity contribution in [2.75, 3.05) is 18.9 Å². The van der Waals surface area contributed by atoms with Crippen molar-refractivity contribution in [2.24, 2.45) is 5.41 Å². The van der Waals surface area contributed by atoms with Gasteiger partial charge in [0.1, 0.15) is 11.0 Å². The molecule has 0 aromatic carbocycles. The monoisotopic (exact) mass is 297 g/mol. The summed E-state index contributed by atoms with van der Waals surface area (Å²) < 4.78 is 30.1. The zero-order valence-electron chi connectivity index (χ0n) is 11.4. The Kier molecular flexibility index (Phi) is 4.75. The van der Waals surface area contributed by atoms with Gasteiger partial charge in [0, 0.05) is 12.0 Å². The van der Waals surface area contributed by atoms with Crippen LogP contribution in [-0.2, 0) is 14.6 Å². The summed E-state index contributed by atoms with van der Waals surface area (Å²) in [7, 11) is -3.01. The Bertz CT molecular complexity index is 384. The van der Waals surface area contributed by atoms with Gasteiger partial charge in [-0.2, -0.15) is 0 Å². The van der Waals surface area contributed by atoms with Gasteiger partial charge in [-0.15, -0.1) is 12.4 Å². The summed E-state index contributed by atoms with van der Waals surface area (Å²) in [6.07, 6.45) is 2.49. The lowest BCUT2D eigenvalue weighted by molar-refractivity contribution is -0.128. The van der Waals surface area contributed by atoms with Gasteiger partial charge in [0.05, 0.1) is 12.4 Å². The van der Waals surface area contributed by atoms with E-state index in [2.05, 4.69) is 19.2 Å². The van der Waals surface area contributed by atoms with Gasteiger partial charge in [-0.1, -0.05) is 20.3 Å². The molecule has 0 aromatic heterocycles. The van der Waals surface area contributed by atoms with E-state index in [-0.39, 0.29) is 23.1 Å². The van der Waals surface area contributed by atoms with Crippen LogP contribution >= 0.6 is 12.4 Å². The van der Waals surface area contributed by atoms with Crippen molar-refractivity contribution < 1.29 is 13.2 Å². The summed E-state index contributed by atoms with van der Waals surface area (Å²) in [5.74, 6) is 0.307. The van der Waals surface area contributed by atoms with E-state index in [0.717, 1.165) is 19.4 Å². The van der Waals surface area contributed by atoms with Crippen LogP contribution in [0.4, 0.5) is 0 Å². The van der Waals surface area contributed by atoms with Crippen LogP contribution in [-0.4, -0.2) is 38.3 Å². The minimum atomic E-state index is -3.01. The molecule has 0 bridgehead atoms. The molecule has 0 aromatic rings. The van der Waals surface area contributed by atoms with E-state index in [9.17, 15) is 8.42 Å².